The van der Waals surface area contributed by atoms with Crippen LogP contribution in [0.25, 0.3) is 0 Å². The molecule has 2 aliphatic heterocycles. The molecule has 7 heteroatoms. The van der Waals surface area contributed by atoms with Crippen molar-refractivity contribution in [1.29, 1.82) is 0 Å². The van der Waals surface area contributed by atoms with Crippen LogP contribution < -0.4 is 5.32 Å². The van der Waals surface area contributed by atoms with Gasteiger partial charge in [-0.05, 0) is 23.3 Å². The number of amides is 1. The van der Waals surface area contributed by atoms with E-state index in [1.807, 2.05) is 30.4 Å². The van der Waals surface area contributed by atoms with Crippen LogP contribution >= 0.6 is 0 Å². The number of nitrogens with one attached hydrogen (secondary N) is 1. The number of morpholine rings is 1. The van der Waals surface area contributed by atoms with Crippen molar-refractivity contribution in [3.8, 4) is 0 Å². The molecule has 6 nitrogen and oxygen atoms in total. The molecule has 2 aliphatic rings. The van der Waals surface area contributed by atoms with Crippen molar-refractivity contribution in [3.63, 3.8) is 0 Å². The smallest absolute Gasteiger partial charge is 0.227 e. The first kappa shape index (κ1) is 17.2. The van der Waals surface area contributed by atoms with Crippen molar-refractivity contribution in [2.75, 3.05) is 32.8 Å². The molecule has 26 heavy (non-hydrogen) atoms. The van der Waals surface area contributed by atoms with Crippen molar-refractivity contribution in [2.24, 2.45) is 13.0 Å². The summed E-state index contributed by atoms with van der Waals surface area (Å²) < 4.78 is 21.1. The Hall–Kier alpha value is -2.25. The molecule has 2 saturated heterocycles. The average molecular weight is 358 g/mol. The van der Waals surface area contributed by atoms with Crippen LogP contribution in [0.5, 0.6) is 0 Å². The molecule has 3 heterocycles. The summed E-state index contributed by atoms with van der Waals surface area (Å²) in [6.45, 7) is 2.93. The molecule has 2 fully saturated rings. The maximum atomic E-state index is 13.5. The lowest BCUT2D eigenvalue weighted by molar-refractivity contribution is -0.143. The van der Waals surface area contributed by atoms with E-state index in [-0.39, 0.29) is 29.7 Å². The van der Waals surface area contributed by atoms with Crippen molar-refractivity contribution < 1.29 is 13.9 Å². The number of hydrogen-bond donors (Lipinski definition) is 1. The SMILES string of the molecule is Cn1cc([C@H]2CNC[C@@H]2C(=O)N2CCOC(c3cccc(F)c3)C2)cn1. The molecule has 1 aromatic carbocycles. The summed E-state index contributed by atoms with van der Waals surface area (Å²) in [5.74, 6) is -0.128. The molecule has 2 aromatic rings. The van der Waals surface area contributed by atoms with Crippen LogP contribution in [0.2, 0.25) is 0 Å². The molecule has 0 spiro atoms. The standard InChI is InChI=1S/C19H23FN4O2/c1-23-11-14(8-22-23)16-9-21-10-17(16)19(25)24-5-6-26-18(12-24)13-3-2-4-15(20)7-13/h2-4,7-8,11,16-18,21H,5-6,9-10,12H2,1H3/t16-,17+,18?/m1/s1. The van der Waals surface area contributed by atoms with E-state index in [9.17, 15) is 9.18 Å². The Morgan fingerprint density at radius 3 is 3.00 bits per heavy atom. The average Bonchev–Trinajstić information content (AvgIpc) is 3.30. The summed E-state index contributed by atoms with van der Waals surface area (Å²) in [4.78, 5) is 15.0. The second-order valence-corrected chi connectivity index (χ2v) is 7.02. The summed E-state index contributed by atoms with van der Waals surface area (Å²) in [6, 6.07) is 6.41. The van der Waals surface area contributed by atoms with Gasteiger partial charge in [0.25, 0.3) is 0 Å². The second kappa shape index (κ2) is 7.17. The minimum Gasteiger partial charge on any atom is -0.370 e. The highest BCUT2D eigenvalue weighted by Crippen LogP contribution is 2.31. The van der Waals surface area contributed by atoms with Gasteiger partial charge in [-0.2, -0.15) is 5.10 Å². The molecule has 1 aromatic heterocycles. The topological polar surface area (TPSA) is 59.4 Å². The van der Waals surface area contributed by atoms with Gasteiger partial charge in [-0.15, -0.1) is 0 Å². The fraction of sp³-hybridized carbons (Fsp3) is 0.474. The van der Waals surface area contributed by atoms with Crippen LogP contribution in [-0.4, -0.2) is 53.4 Å². The zero-order valence-electron chi connectivity index (χ0n) is 14.8. The number of ether oxygens (including phenoxy) is 1. The summed E-state index contributed by atoms with van der Waals surface area (Å²) >= 11 is 0. The van der Waals surface area contributed by atoms with Gasteiger partial charge >= 0.3 is 0 Å². The predicted molar refractivity (Wildman–Crippen MR) is 94.0 cm³/mol. The van der Waals surface area contributed by atoms with Crippen LogP contribution in [0.15, 0.2) is 36.7 Å². The second-order valence-electron chi connectivity index (χ2n) is 7.02. The Bertz CT molecular complexity index is 793. The Balaban J connectivity index is 1.48. The molecular weight excluding hydrogens is 335 g/mol. The molecule has 138 valence electrons. The minimum absolute atomic E-state index is 0.106. The van der Waals surface area contributed by atoms with E-state index in [2.05, 4.69) is 10.4 Å². The maximum Gasteiger partial charge on any atom is 0.227 e. The molecule has 1 unspecified atom stereocenters. The monoisotopic (exact) mass is 358 g/mol. The van der Waals surface area contributed by atoms with E-state index in [4.69, 9.17) is 4.74 Å². The third-order valence-electron chi connectivity index (χ3n) is 5.28. The van der Waals surface area contributed by atoms with E-state index in [1.54, 1.807) is 10.7 Å². The predicted octanol–water partition coefficient (Wildman–Crippen LogP) is 1.46. The number of benzene rings is 1. The van der Waals surface area contributed by atoms with E-state index in [1.165, 1.54) is 12.1 Å². The summed E-state index contributed by atoms with van der Waals surface area (Å²) in [5.41, 5.74) is 1.86. The Labute approximate surface area is 151 Å². The van der Waals surface area contributed by atoms with Crippen LogP contribution in [0.4, 0.5) is 4.39 Å². The first-order valence-electron chi connectivity index (χ1n) is 8.97. The fourth-order valence-corrected chi connectivity index (χ4v) is 3.91. The normalized spacial score (nSPS) is 26.2. The van der Waals surface area contributed by atoms with Gasteiger partial charge in [0.1, 0.15) is 11.9 Å². The van der Waals surface area contributed by atoms with Gasteiger partial charge in [-0.3, -0.25) is 9.48 Å². The Morgan fingerprint density at radius 1 is 1.35 bits per heavy atom. The van der Waals surface area contributed by atoms with Crippen molar-refractivity contribution in [3.05, 3.63) is 53.6 Å². The number of nitrogens with zero attached hydrogens (tertiary/aromatic N) is 3. The maximum absolute atomic E-state index is 13.5. The molecule has 1 N–H and O–H groups in total. The van der Waals surface area contributed by atoms with Gasteiger partial charge in [0.2, 0.25) is 5.91 Å². The van der Waals surface area contributed by atoms with Gasteiger partial charge in [0.15, 0.2) is 0 Å². The number of carbonyl (C=O) groups excluding carboxylic acids is 1. The zero-order chi connectivity index (χ0) is 18.1. The number of aromatic nitrogens is 2. The van der Waals surface area contributed by atoms with Crippen molar-refractivity contribution >= 4 is 5.91 Å². The summed E-state index contributed by atoms with van der Waals surface area (Å²) in [6.07, 6.45) is 3.54. The Morgan fingerprint density at radius 2 is 2.23 bits per heavy atom. The molecule has 4 rings (SSSR count). The van der Waals surface area contributed by atoms with Crippen LogP contribution in [0.3, 0.4) is 0 Å². The molecule has 0 bridgehead atoms. The number of halogens is 1. The number of rotatable bonds is 3. The van der Waals surface area contributed by atoms with E-state index < -0.39 is 0 Å². The highest BCUT2D eigenvalue weighted by Gasteiger charge is 2.38. The molecule has 3 atom stereocenters. The van der Waals surface area contributed by atoms with Gasteiger partial charge in [-0.1, -0.05) is 12.1 Å². The third-order valence-corrected chi connectivity index (χ3v) is 5.28. The molecular formula is C19H23FN4O2. The van der Waals surface area contributed by atoms with Crippen LogP contribution in [0, 0.1) is 11.7 Å². The first-order chi connectivity index (χ1) is 12.6. The van der Waals surface area contributed by atoms with Gasteiger partial charge in [-0.25, -0.2) is 4.39 Å². The zero-order valence-corrected chi connectivity index (χ0v) is 14.8. The largest absolute Gasteiger partial charge is 0.370 e. The first-order valence-corrected chi connectivity index (χ1v) is 8.97. The minimum atomic E-state index is -0.286. The summed E-state index contributed by atoms with van der Waals surface area (Å²) in [7, 11) is 1.88. The lowest BCUT2D eigenvalue weighted by Crippen LogP contribution is -2.46. The third kappa shape index (κ3) is 3.37. The number of hydrogen-bond acceptors (Lipinski definition) is 4. The molecule has 1 amide bonds. The van der Waals surface area contributed by atoms with Gasteiger partial charge < -0.3 is 15.0 Å². The lowest BCUT2D eigenvalue weighted by Gasteiger charge is -2.35. The van der Waals surface area contributed by atoms with Crippen LogP contribution in [-0.2, 0) is 16.6 Å². The molecule has 0 aliphatic carbocycles. The van der Waals surface area contributed by atoms with Crippen LogP contribution in [0.1, 0.15) is 23.1 Å². The van der Waals surface area contributed by atoms with Crippen molar-refractivity contribution in [1.82, 2.24) is 20.0 Å². The molecule has 0 radical (unpaired) electrons. The highest BCUT2D eigenvalue weighted by molar-refractivity contribution is 5.80. The summed E-state index contributed by atoms with van der Waals surface area (Å²) in [5, 5.41) is 7.57. The van der Waals surface area contributed by atoms with Gasteiger partial charge in [0.05, 0.1) is 25.3 Å². The van der Waals surface area contributed by atoms with Gasteiger partial charge in [0, 0.05) is 38.8 Å². The number of aryl methyl sites for hydroxylation is 1. The van der Waals surface area contributed by atoms with Crippen molar-refractivity contribution in [2.45, 2.75) is 12.0 Å². The van der Waals surface area contributed by atoms with E-state index >= 15 is 0 Å². The Kier molecular flexibility index (Phi) is 4.74. The number of carbonyl (C=O) groups is 1. The van der Waals surface area contributed by atoms with E-state index in [0.717, 1.165) is 17.7 Å². The highest BCUT2D eigenvalue weighted by atomic mass is 19.1. The quantitative estimate of drug-likeness (QED) is 0.903. The fourth-order valence-electron chi connectivity index (χ4n) is 3.91. The lowest BCUT2D eigenvalue weighted by atomic mass is 9.89. The van der Waals surface area contributed by atoms with E-state index in [0.29, 0.717) is 26.2 Å². The molecule has 0 saturated carbocycles.